The third-order valence-electron chi connectivity index (χ3n) is 3.72. The van der Waals surface area contributed by atoms with Gasteiger partial charge in [-0.25, -0.2) is 0 Å². The van der Waals surface area contributed by atoms with Crippen molar-refractivity contribution in [3.63, 3.8) is 0 Å². The van der Waals surface area contributed by atoms with Crippen LogP contribution in [0.2, 0.25) is 0 Å². The molecule has 0 aliphatic carbocycles. The van der Waals surface area contributed by atoms with Gasteiger partial charge in [0.25, 0.3) is 0 Å². The first-order valence-electron chi connectivity index (χ1n) is 6.74. The first-order valence-corrected chi connectivity index (χ1v) is 6.74. The van der Waals surface area contributed by atoms with Crippen molar-refractivity contribution in [1.29, 1.82) is 0 Å². The van der Waals surface area contributed by atoms with E-state index in [0.29, 0.717) is 0 Å². The fourth-order valence-corrected chi connectivity index (χ4v) is 2.75. The van der Waals surface area contributed by atoms with Crippen molar-refractivity contribution in [2.24, 2.45) is 5.92 Å². The maximum Gasteiger partial charge on any atom is 0.226 e. The van der Waals surface area contributed by atoms with E-state index in [1.54, 1.807) is 0 Å². The van der Waals surface area contributed by atoms with Gasteiger partial charge in [0, 0.05) is 12.5 Å². The van der Waals surface area contributed by atoms with E-state index in [0.717, 1.165) is 31.4 Å². The predicted molar refractivity (Wildman–Crippen MR) is 71.0 cm³/mol. The SMILES string of the molecule is CCC[C@H]1CCN([C@@H](CO)c2ccccc2)C1=O. The Morgan fingerprint density at radius 1 is 1.39 bits per heavy atom. The number of carbonyl (C=O) groups is 1. The second-order valence-corrected chi connectivity index (χ2v) is 4.91. The lowest BCUT2D eigenvalue weighted by Crippen LogP contribution is -2.33. The van der Waals surface area contributed by atoms with Crippen LogP contribution in [-0.2, 0) is 4.79 Å². The van der Waals surface area contributed by atoms with Crippen LogP contribution >= 0.6 is 0 Å². The summed E-state index contributed by atoms with van der Waals surface area (Å²) < 4.78 is 0. The number of benzene rings is 1. The highest BCUT2D eigenvalue weighted by Gasteiger charge is 2.35. The second kappa shape index (κ2) is 6.01. The normalized spacial score (nSPS) is 21.3. The van der Waals surface area contributed by atoms with Crippen LogP contribution in [-0.4, -0.2) is 29.1 Å². The summed E-state index contributed by atoms with van der Waals surface area (Å²) in [5.74, 6) is 0.368. The average molecular weight is 247 g/mol. The summed E-state index contributed by atoms with van der Waals surface area (Å²) in [5.41, 5.74) is 1.02. The molecule has 98 valence electrons. The first kappa shape index (κ1) is 13.1. The molecule has 2 atom stereocenters. The van der Waals surface area contributed by atoms with Crippen LogP contribution in [0.15, 0.2) is 30.3 Å². The van der Waals surface area contributed by atoms with Gasteiger partial charge in [-0.2, -0.15) is 0 Å². The fraction of sp³-hybridized carbons (Fsp3) is 0.533. The molecule has 1 saturated heterocycles. The molecule has 0 spiro atoms. The number of likely N-dealkylation sites (tertiary alicyclic amines) is 1. The van der Waals surface area contributed by atoms with Gasteiger partial charge in [0.05, 0.1) is 12.6 Å². The summed E-state index contributed by atoms with van der Waals surface area (Å²) in [6, 6.07) is 9.61. The smallest absolute Gasteiger partial charge is 0.226 e. The molecular formula is C15H21NO2. The molecule has 3 heteroatoms. The maximum atomic E-state index is 12.3. The van der Waals surface area contributed by atoms with Crippen LogP contribution < -0.4 is 0 Å². The summed E-state index contributed by atoms with van der Waals surface area (Å²) in [5, 5.41) is 9.58. The zero-order valence-electron chi connectivity index (χ0n) is 10.9. The molecule has 1 aliphatic heterocycles. The van der Waals surface area contributed by atoms with Crippen LogP contribution in [0.5, 0.6) is 0 Å². The molecule has 1 aliphatic rings. The molecule has 1 fully saturated rings. The van der Waals surface area contributed by atoms with E-state index in [-0.39, 0.29) is 24.5 Å². The topological polar surface area (TPSA) is 40.5 Å². The van der Waals surface area contributed by atoms with Crippen molar-refractivity contribution in [2.75, 3.05) is 13.2 Å². The predicted octanol–water partition coefficient (Wildman–Crippen LogP) is 2.37. The molecule has 1 N–H and O–H groups in total. The summed E-state index contributed by atoms with van der Waals surface area (Å²) >= 11 is 0. The molecule has 0 saturated carbocycles. The summed E-state index contributed by atoms with van der Waals surface area (Å²) in [4.78, 5) is 14.1. The van der Waals surface area contributed by atoms with Gasteiger partial charge in [0.1, 0.15) is 0 Å². The van der Waals surface area contributed by atoms with Gasteiger partial charge in [0.2, 0.25) is 5.91 Å². The van der Waals surface area contributed by atoms with Crippen molar-refractivity contribution in [3.05, 3.63) is 35.9 Å². The standard InChI is InChI=1S/C15H21NO2/c1-2-6-13-9-10-16(15(13)18)14(11-17)12-7-4-3-5-8-12/h3-5,7-8,13-14,17H,2,6,9-11H2,1H3/t13-,14-/m0/s1. The van der Waals surface area contributed by atoms with E-state index >= 15 is 0 Å². The number of aliphatic hydroxyl groups is 1. The van der Waals surface area contributed by atoms with E-state index in [4.69, 9.17) is 0 Å². The van der Waals surface area contributed by atoms with Gasteiger partial charge < -0.3 is 10.0 Å². The van der Waals surface area contributed by atoms with Gasteiger partial charge in [-0.3, -0.25) is 4.79 Å². The largest absolute Gasteiger partial charge is 0.394 e. The van der Waals surface area contributed by atoms with E-state index in [9.17, 15) is 9.90 Å². The van der Waals surface area contributed by atoms with Crippen molar-refractivity contribution in [3.8, 4) is 0 Å². The lowest BCUT2D eigenvalue weighted by Gasteiger charge is -2.27. The Hall–Kier alpha value is -1.35. The highest BCUT2D eigenvalue weighted by atomic mass is 16.3. The Balaban J connectivity index is 2.13. The Labute approximate surface area is 108 Å². The van der Waals surface area contributed by atoms with Crippen molar-refractivity contribution in [1.82, 2.24) is 4.90 Å². The van der Waals surface area contributed by atoms with E-state index < -0.39 is 0 Å². The van der Waals surface area contributed by atoms with Crippen LogP contribution in [0, 0.1) is 5.92 Å². The molecule has 0 radical (unpaired) electrons. The van der Waals surface area contributed by atoms with E-state index in [1.807, 2.05) is 35.2 Å². The molecule has 2 rings (SSSR count). The molecule has 0 unspecified atom stereocenters. The minimum absolute atomic E-state index is 0.00536. The molecule has 1 aromatic carbocycles. The summed E-state index contributed by atoms with van der Waals surface area (Å²) in [6.07, 6.45) is 2.93. The van der Waals surface area contributed by atoms with Crippen LogP contribution in [0.25, 0.3) is 0 Å². The quantitative estimate of drug-likeness (QED) is 0.867. The number of rotatable bonds is 5. The van der Waals surface area contributed by atoms with Crippen molar-refractivity contribution >= 4 is 5.91 Å². The van der Waals surface area contributed by atoms with Crippen molar-refractivity contribution in [2.45, 2.75) is 32.2 Å². The zero-order chi connectivity index (χ0) is 13.0. The maximum absolute atomic E-state index is 12.3. The second-order valence-electron chi connectivity index (χ2n) is 4.91. The molecule has 3 nitrogen and oxygen atoms in total. The average Bonchev–Trinajstić information content (AvgIpc) is 2.75. The molecule has 1 aromatic rings. The number of aliphatic hydroxyl groups excluding tert-OH is 1. The minimum Gasteiger partial charge on any atom is -0.394 e. The highest BCUT2D eigenvalue weighted by Crippen LogP contribution is 2.30. The molecule has 0 bridgehead atoms. The van der Waals surface area contributed by atoms with Gasteiger partial charge in [-0.05, 0) is 18.4 Å². The first-order chi connectivity index (χ1) is 8.77. The molecule has 0 aromatic heterocycles. The molecule has 1 heterocycles. The Bertz CT molecular complexity index is 391. The minimum atomic E-state index is -0.180. The number of hydrogen-bond donors (Lipinski definition) is 1. The highest BCUT2D eigenvalue weighted by molar-refractivity contribution is 5.81. The van der Waals surface area contributed by atoms with Crippen LogP contribution in [0.4, 0.5) is 0 Å². The van der Waals surface area contributed by atoms with E-state index in [2.05, 4.69) is 6.92 Å². The van der Waals surface area contributed by atoms with Gasteiger partial charge in [0.15, 0.2) is 0 Å². The third-order valence-corrected chi connectivity index (χ3v) is 3.72. The number of carbonyl (C=O) groups excluding carboxylic acids is 1. The van der Waals surface area contributed by atoms with Crippen LogP contribution in [0.1, 0.15) is 37.8 Å². The Morgan fingerprint density at radius 2 is 2.11 bits per heavy atom. The monoisotopic (exact) mass is 247 g/mol. The zero-order valence-corrected chi connectivity index (χ0v) is 10.9. The lowest BCUT2D eigenvalue weighted by molar-refractivity contribution is -0.134. The Kier molecular flexibility index (Phi) is 4.37. The number of amides is 1. The van der Waals surface area contributed by atoms with Gasteiger partial charge in [-0.15, -0.1) is 0 Å². The lowest BCUT2D eigenvalue weighted by atomic mass is 10.0. The van der Waals surface area contributed by atoms with Gasteiger partial charge in [-0.1, -0.05) is 43.7 Å². The summed E-state index contributed by atoms with van der Waals surface area (Å²) in [7, 11) is 0. The van der Waals surface area contributed by atoms with Gasteiger partial charge >= 0.3 is 0 Å². The van der Waals surface area contributed by atoms with Crippen molar-refractivity contribution < 1.29 is 9.90 Å². The molecule has 1 amide bonds. The number of hydrogen-bond acceptors (Lipinski definition) is 2. The Morgan fingerprint density at radius 3 is 2.72 bits per heavy atom. The molecule has 18 heavy (non-hydrogen) atoms. The fourth-order valence-electron chi connectivity index (χ4n) is 2.75. The van der Waals surface area contributed by atoms with Crippen LogP contribution in [0.3, 0.4) is 0 Å². The summed E-state index contributed by atoms with van der Waals surface area (Å²) in [6.45, 7) is 2.87. The molecular weight excluding hydrogens is 226 g/mol. The third kappa shape index (κ3) is 2.56. The van der Waals surface area contributed by atoms with E-state index in [1.165, 1.54) is 0 Å². The number of nitrogens with zero attached hydrogens (tertiary/aromatic N) is 1.